The molecule has 1 heterocycles. The second-order valence-corrected chi connectivity index (χ2v) is 23.4. The van der Waals surface area contributed by atoms with Gasteiger partial charge in [0.2, 0.25) is 14.1 Å². The number of benzene rings is 1. The maximum Gasteiger partial charge on any atom is 0.337 e. The van der Waals surface area contributed by atoms with E-state index in [1.165, 1.54) is 0 Å². The molecule has 0 aromatic heterocycles. The lowest BCUT2D eigenvalue weighted by Crippen LogP contribution is -2.43. The number of esters is 1. The Bertz CT molecular complexity index is 1090. The minimum atomic E-state index is -2.24. The van der Waals surface area contributed by atoms with Crippen LogP contribution >= 0.6 is 0 Å². The Morgan fingerprint density at radius 3 is 1.90 bits per heavy atom. The van der Waals surface area contributed by atoms with Crippen LogP contribution in [0.2, 0.25) is 36.3 Å². The Hall–Kier alpha value is -2.24. The van der Waals surface area contributed by atoms with Crippen molar-refractivity contribution in [3.63, 3.8) is 0 Å². The molecule has 2 rings (SSSR count). The molecule has 0 N–H and O–H groups in total. The lowest BCUT2D eigenvalue weighted by molar-refractivity contribution is -0.205. The van der Waals surface area contributed by atoms with Gasteiger partial charge in [0.05, 0.1) is 25.0 Å². The van der Waals surface area contributed by atoms with Gasteiger partial charge in [-0.05, 0) is 54.0 Å². The summed E-state index contributed by atoms with van der Waals surface area (Å²) in [6, 6.07) is 7.82. The number of cyclic esters (lactones) is 1. The maximum atomic E-state index is 13.1. The van der Waals surface area contributed by atoms with Gasteiger partial charge in [-0.25, -0.2) is 4.79 Å². The first-order valence-electron chi connectivity index (χ1n) is 13.6. The predicted molar refractivity (Wildman–Crippen MR) is 158 cm³/mol. The van der Waals surface area contributed by atoms with Crippen LogP contribution in [0.25, 0.3) is 0 Å². The van der Waals surface area contributed by atoms with Crippen molar-refractivity contribution in [2.75, 3.05) is 0 Å². The van der Waals surface area contributed by atoms with Gasteiger partial charge < -0.3 is 18.3 Å². The van der Waals surface area contributed by atoms with E-state index in [2.05, 4.69) is 67.7 Å². The lowest BCUT2D eigenvalue weighted by Gasteiger charge is -2.39. The summed E-state index contributed by atoms with van der Waals surface area (Å²) in [7, 11) is -4.22. The van der Waals surface area contributed by atoms with Crippen molar-refractivity contribution in [2.45, 2.75) is 123 Å². The molecule has 1 aromatic carbocycles. The van der Waals surface area contributed by atoms with Gasteiger partial charge in [0.15, 0.2) is 8.32 Å². The number of ether oxygens (including phenoxy) is 2. The number of carbonyl (C=O) groups excluding carboxylic acids is 3. The van der Waals surface area contributed by atoms with Crippen LogP contribution in [0.15, 0.2) is 36.1 Å². The molecule has 1 aromatic rings. The molecule has 39 heavy (non-hydrogen) atoms. The van der Waals surface area contributed by atoms with Crippen LogP contribution < -0.4 is 4.43 Å². The number of hydrogen-bond donors (Lipinski definition) is 0. The minimum Gasteiger partial charge on any atom is -0.544 e. The highest BCUT2D eigenvalue weighted by molar-refractivity contribution is 6.75. The maximum absolute atomic E-state index is 13.1. The van der Waals surface area contributed by atoms with Crippen molar-refractivity contribution in [1.29, 1.82) is 0 Å². The first-order chi connectivity index (χ1) is 17.5. The van der Waals surface area contributed by atoms with Crippen molar-refractivity contribution < 1.29 is 32.7 Å². The highest BCUT2D eigenvalue weighted by Crippen LogP contribution is 2.41. The summed E-state index contributed by atoms with van der Waals surface area (Å²) in [5.74, 6) is -1.23. The molecule has 0 saturated carbocycles. The average Bonchev–Trinajstić information content (AvgIpc) is 2.69. The fourth-order valence-corrected chi connectivity index (χ4v) is 5.89. The second-order valence-electron chi connectivity index (χ2n) is 14.0. The summed E-state index contributed by atoms with van der Waals surface area (Å²) in [5, 5.41) is 0.0229. The topological polar surface area (TPSA) is 88.1 Å². The Balaban J connectivity index is 2.20. The highest BCUT2D eigenvalue weighted by atomic mass is 28.4. The Morgan fingerprint density at radius 2 is 1.41 bits per heavy atom. The van der Waals surface area contributed by atoms with Gasteiger partial charge in [0, 0.05) is 20.3 Å². The number of carbonyl (C=O) groups is 3. The number of hydrogen-bond acceptors (Lipinski definition) is 7. The third-order valence-corrected chi connectivity index (χ3v) is 16.7. The summed E-state index contributed by atoms with van der Waals surface area (Å²) in [6.45, 7) is 25.0. The van der Waals surface area contributed by atoms with Crippen LogP contribution in [0.5, 0.6) is 5.75 Å². The van der Waals surface area contributed by atoms with Crippen LogP contribution in [0.1, 0.15) is 86.3 Å². The predicted octanol–water partition coefficient (Wildman–Crippen LogP) is 7.64. The van der Waals surface area contributed by atoms with E-state index in [-0.39, 0.29) is 46.7 Å². The molecule has 1 aliphatic heterocycles. The Kier molecular flexibility index (Phi) is 9.90. The summed E-state index contributed by atoms with van der Waals surface area (Å²) in [4.78, 5) is 37.6. The highest BCUT2D eigenvalue weighted by Gasteiger charge is 2.41. The monoisotopic (exact) mass is 576 g/mol. The van der Waals surface area contributed by atoms with E-state index in [0.29, 0.717) is 0 Å². The molecule has 1 unspecified atom stereocenters. The van der Waals surface area contributed by atoms with E-state index in [4.69, 9.17) is 18.3 Å². The van der Waals surface area contributed by atoms with Gasteiger partial charge in [0.1, 0.15) is 23.1 Å². The molecule has 0 spiro atoms. The van der Waals surface area contributed by atoms with Crippen molar-refractivity contribution in [3.05, 3.63) is 41.7 Å². The molecular formula is C30H48O7Si2. The van der Waals surface area contributed by atoms with Gasteiger partial charge in [0.25, 0.3) is 0 Å². The number of allylic oxidation sites excluding steroid dienone is 1. The zero-order chi connectivity index (χ0) is 30.0. The Morgan fingerprint density at radius 1 is 0.872 bits per heavy atom. The van der Waals surface area contributed by atoms with Crippen LogP contribution in [0.3, 0.4) is 0 Å². The van der Waals surface area contributed by atoms with E-state index >= 15 is 0 Å². The van der Waals surface area contributed by atoms with E-state index < -0.39 is 34.5 Å². The molecule has 9 heteroatoms. The lowest BCUT2D eigenvalue weighted by atomic mass is 10.0. The van der Waals surface area contributed by atoms with Crippen LogP contribution in [-0.4, -0.2) is 40.0 Å². The second kappa shape index (κ2) is 11.7. The molecule has 0 saturated heterocycles. The molecule has 0 fully saturated rings. The first kappa shape index (κ1) is 33.0. The van der Waals surface area contributed by atoms with Crippen LogP contribution in [-0.2, 0) is 28.3 Å². The van der Waals surface area contributed by atoms with Crippen LogP contribution in [0.4, 0.5) is 0 Å². The third kappa shape index (κ3) is 9.43. The molecule has 0 bridgehead atoms. The summed E-state index contributed by atoms with van der Waals surface area (Å²) in [6.07, 6.45) is 0.350. The zero-order valence-corrected chi connectivity index (χ0v) is 27.9. The largest absolute Gasteiger partial charge is 0.544 e. The smallest absolute Gasteiger partial charge is 0.337 e. The van der Waals surface area contributed by atoms with Crippen LogP contribution in [0, 0.1) is 0 Å². The van der Waals surface area contributed by atoms with Gasteiger partial charge in [-0.15, -0.1) is 0 Å². The molecule has 0 amide bonds. The van der Waals surface area contributed by atoms with Crippen molar-refractivity contribution in [1.82, 2.24) is 0 Å². The summed E-state index contributed by atoms with van der Waals surface area (Å²) < 4.78 is 23.8. The number of Topliss-reactive ketones (excluding diaryl/α,β-unsaturated/α-hetero) is 2. The van der Waals surface area contributed by atoms with E-state index in [1.54, 1.807) is 13.8 Å². The SMILES string of the molecule is CC1(C)OC(=O)C=C(CC(=O)CC(=O)CC(O[Si](C)(C)C(C)(C)C)c2ccc(O[Si](C)(C)C(C)(C)C)cc2)O1. The molecule has 7 nitrogen and oxygen atoms in total. The van der Waals surface area contributed by atoms with Crippen molar-refractivity contribution in [3.8, 4) is 5.75 Å². The minimum absolute atomic E-state index is 0.0539. The summed E-state index contributed by atoms with van der Waals surface area (Å²) in [5.41, 5.74) is 0.881. The molecule has 218 valence electrons. The average molecular weight is 577 g/mol. The molecule has 1 atom stereocenters. The van der Waals surface area contributed by atoms with Gasteiger partial charge >= 0.3 is 5.97 Å². The molecule has 0 radical (unpaired) electrons. The quantitative estimate of drug-likeness (QED) is 0.152. The Labute approximate surface area is 236 Å². The number of ketones is 2. The van der Waals surface area contributed by atoms with Gasteiger partial charge in [-0.2, -0.15) is 0 Å². The first-order valence-corrected chi connectivity index (χ1v) is 19.5. The zero-order valence-electron chi connectivity index (χ0n) is 25.9. The molecule has 0 aliphatic carbocycles. The van der Waals surface area contributed by atoms with E-state index in [9.17, 15) is 14.4 Å². The summed E-state index contributed by atoms with van der Waals surface area (Å²) >= 11 is 0. The standard InChI is InChI=1S/C30H48O7Si2/c1-28(2,3)38(9,10)36-24-15-13-21(14-16-24)26(37-39(11,12)29(4,5)6)19-23(32)17-22(31)18-25-20-27(33)35-30(7,8)34-25/h13-16,20,26H,17-19H2,1-12H3. The van der Waals surface area contributed by atoms with E-state index in [0.717, 1.165) is 17.4 Å². The van der Waals surface area contributed by atoms with Gasteiger partial charge in [-0.3, -0.25) is 9.59 Å². The fraction of sp³-hybridized carbons (Fsp3) is 0.633. The normalized spacial score (nSPS) is 17.0. The van der Waals surface area contributed by atoms with Gasteiger partial charge in [-0.1, -0.05) is 53.7 Å². The van der Waals surface area contributed by atoms with Crippen molar-refractivity contribution >= 4 is 34.2 Å². The third-order valence-electron chi connectivity index (χ3n) is 7.86. The molecule has 1 aliphatic rings. The molecular weight excluding hydrogens is 528 g/mol. The fourth-order valence-electron chi connectivity index (χ4n) is 3.57. The van der Waals surface area contributed by atoms with E-state index in [1.807, 2.05) is 24.3 Å². The number of rotatable bonds is 11. The van der Waals surface area contributed by atoms with Crippen molar-refractivity contribution in [2.24, 2.45) is 0 Å².